The van der Waals surface area contributed by atoms with Crippen LogP contribution in [0.5, 0.6) is 0 Å². The van der Waals surface area contributed by atoms with Crippen LogP contribution in [-0.2, 0) is 11.3 Å². The maximum atomic E-state index is 12.3. The Bertz CT molecular complexity index is 439. The number of alkyl halides is 3. The van der Waals surface area contributed by atoms with Crippen LogP contribution in [0.25, 0.3) is 0 Å². The van der Waals surface area contributed by atoms with Crippen LogP contribution in [0.1, 0.15) is 19.3 Å². The highest BCUT2D eigenvalue weighted by Gasteiger charge is 2.32. The Balaban J connectivity index is 1.65. The number of nitrogens with one attached hydrogen (secondary N) is 1. The molecule has 1 amide bonds. The summed E-state index contributed by atoms with van der Waals surface area (Å²) >= 11 is 0. The number of aromatic nitrogens is 2. The first kappa shape index (κ1) is 15.8. The van der Waals surface area contributed by atoms with Crippen LogP contribution in [0.2, 0.25) is 0 Å². The second-order valence-electron chi connectivity index (χ2n) is 5.28. The van der Waals surface area contributed by atoms with E-state index in [1.165, 1.54) is 4.90 Å². The Hall–Kier alpha value is -1.57. The summed E-state index contributed by atoms with van der Waals surface area (Å²) in [6.45, 7) is 0.422. The molecule has 1 aromatic heterocycles. The van der Waals surface area contributed by atoms with E-state index in [4.69, 9.17) is 0 Å². The predicted molar refractivity (Wildman–Crippen MR) is 70.5 cm³/mol. The van der Waals surface area contributed by atoms with Gasteiger partial charge in [-0.25, -0.2) is 4.98 Å². The lowest BCUT2D eigenvalue weighted by Crippen LogP contribution is -2.47. The number of halogens is 3. The molecule has 5 nitrogen and oxygen atoms in total. The monoisotopic (exact) mass is 304 g/mol. The molecule has 2 rings (SSSR count). The topological polar surface area (TPSA) is 50.2 Å². The van der Waals surface area contributed by atoms with Gasteiger partial charge in [-0.3, -0.25) is 9.69 Å². The molecule has 0 saturated carbocycles. The van der Waals surface area contributed by atoms with Crippen molar-refractivity contribution in [2.75, 3.05) is 19.6 Å². The molecule has 0 spiro atoms. The number of hydrogen-bond acceptors (Lipinski definition) is 3. The van der Waals surface area contributed by atoms with Gasteiger partial charge in [-0.15, -0.1) is 0 Å². The Morgan fingerprint density at radius 1 is 1.33 bits per heavy atom. The number of rotatable bonds is 5. The van der Waals surface area contributed by atoms with Gasteiger partial charge in [0.25, 0.3) is 0 Å². The summed E-state index contributed by atoms with van der Waals surface area (Å²) in [6, 6.07) is -0.0234. The Kier molecular flexibility index (Phi) is 5.22. The van der Waals surface area contributed by atoms with E-state index in [2.05, 4.69) is 10.3 Å². The number of piperidine rings is 1. The van der Waals surface area contributed by atoms with E-state index in [0.29, 0.717) is 38.9 Å². The zero-order valence-corrected chi connectivity index (χ0v) is 11.6. The summed E-state index contributed by atoms with van der Waals surface area (Å²) in [4.78, 5) is 17.0. The number of amides is 1. The Morgan fingerprint density at radius 3 is 2.62 bits per heavy atom. The smallest absolute Gasteiger partial charge is 0.353 e. The molecule has 1 aromatic rings. The first-order chi connectivity index (χ1) is 9.92. The van der Waals surface area contributed by atoms with Gasteiger partial charge in [0.1, 0.15) is 0 Å². The molecule has 8 heteroatoms. The largest absolute Gasteiger partial charge is 0.401 e. The minimum atomic E-state index is -4.15. The lowest BCUT2D eigenvalue weighted by atomic mass is 10.0. The molecule has 0 bridgehead atoms. The zero-order valence-electron chi connectivity index (χ0n) is 11.6. The predicted octanol–water partition coefficient (Wildman–Crippen LogP) is 1.42. The lowest BCUT2D eigenvalue weighted by molar-refractivity contribution is -0.148. The van der Waals surface area contributed by atoms with Gasteiger partial charge in [-0.2, -0.15) is 13.2 Å². The van der Waals surface area contributed by atoms with Gasteiger partial charge in [0.15, 0.2) is 0 Å². The summed E-state index contributed by atoms with van der Waals surface area (Å²) in [6.07, 6.45) is 2.39. The molecule has 1 aliphatic rings. The highest BCUT2D eigenvalue weighted by atomic mass is 19.4. The lowest BCUT2D eigenvalue weighted by Gasteiger charge is -2.32. The van der Waals surface area contributed by atoms with E-state index >= 15 is 0 Å². The molecule has 21 heavy (non-hydrogen) atoms. The van der Waals surface area contributed by atoms with Gasteiger partial charge >= 0.3 is 6.18 Å². The SMILES string of the molecule is O=C(CCn1ccnc1)NC1CCN(CC(F)(F)F)CC1. The summed E-state index contributed by atoms with van der Waals surface area (Å²) in [5.74, 6) is -0.0713. The first-order valence-electron chi connectivity index (χ1n) is 6.96. The van der Waals surface area contributed by atoms with Crippen LogP contribution in [0.3, 0.4) is 0 Å². The third-order valence-electron chi connectivity index (χ3n) is 3.51. The summed E-state index contributed by atoms with van der Waals surface area (Å²) in [7, 11) is 0. The van der Waals surface area contributed by atoms with Crippen LogP contribution < -0.4 is 5.32 Å². The second-order valence-corrected chi connectivity index (χ2v) is 5.28. The van der Waals surface area contributed by atoms with E-state index in [-0.39, 0.29) is 11.9 Å². The van der Waals surface area contributed by atoms with E-state index in [1.54, 1.807) is 18.7 Å². The van der Waals surface area contributed by atoms with Crippen molar-refractivity contribution in [3.8, 4) is 0 Å². The number of aryl methyl sites for hydroxylation is 1. The number of hydrogen-bond donors (Lipinski definition) is 1. The standard InChI is InChI=1S/C13H19F3N4O/c14-13(15,16)9-19-5-1-11(2-6-19)18-12(21)3-7-20-8-4-17-10-20/h4,8,10-11H,1-3,5-7,9H2,(H,18,21). The Morgan fingerprint density at radius 2 is 2.05 bits per heavy atom. The van der Waals surface area contributed by atoms with E-state index in [9.17, 15) is 18.0 Å². The fourth-order valence-electron chi connectivity index (χ4n) is 2.44. The van der Waals surface area contributed by atoms with Crippen LogP contribution in [0.15, 0.2) is 18.7 Å². The number of imidazole rings is 1. The van der Waals surface area contributed by atoms with Gasteiger partial charge in [0.2, 0.25) is 5.91 Å². The van der Waals surface area contributed by atoms with Crippen molar-refractivity contribution in [1.82, 2.24) is 19.8 Å². The van der Waals surface area contributed by atoms with Crippen molar-refractivity contribution in [2.24, 2.45) is 0 Å². The van der Waals surface area contributed by atoms with Gasteiger partial charge in [-0.05, 0) is 12.8 Å². The molecule has 1 aliphatic heterocycles. The van der Waals surface area contributed by atoms with Gasteiger partial charge in [0, 0.05) is 44.5 Å². The third kappa shape index (κ3) is 5.74. The molecule has 118 valence electrons. The van der Waals surface area contributed by atoms with Crippen LogP contribution in [-0.4, -0.2) is 52.2 Å². The normalized spacial score (nSPS) is 17.9. The van der Waals surface area contributed by atoms with Crippen molar-refractivity contribution < 1.29 is 18.0 Å². The molecular weight excluding hydrogens is 285 g/mol. The molecule has 0 atom stereocenters. The number of carbonyl (C=O) groups is 1. The minimum Gasteiger partial charge on any atom is -0.353 e. The van der Waals surface area contributed by atoms with Crippen molar-refractivity contribution in [3.05, 3.63) is 18.7 Å². The minimum absolute atomic E-state index is 0.0234. The van der Waals surface area contributed by atoms with Gasteiger partial charge < -0.3 is 9.88 Å². The molecule has 1 N–H and O–H groups in total. The third-order valence-corrected chi connectivity index (χ3v) is 3.51. The van der Waals surface area contributed by atoms with E-state index in [1.807, 2.05) is 4.57 Å². The maximum Gasteiger partial charge on any atom is 0.401 e. The molecule has 1 saturated heterocycles. The quantitative estimate of drug-likeness (QED) is 0.895. The average Bonchev–Trinajstić information content (AvgIpc) is 2.90. The van der Waals surface area contributed by atoms with Crippen molar-refractivity contribution in [2.45, 2.75) is 38.0 Å². The summed E-state index contributed by atoms with van der Waals surface area (Å²) in [5, 5.41) is 2.88. The number of carbonyl (C=O) groups excluding carboxylic acids is 1. The first-order valence-corrected chi connectivity index (χ1v) is 6.96. The van der Waals surface area contributed by atoms with Crippen molar-refractivity contribution in [3.63, 3.8) is 0 Å². The van der Waals surface area contributed by atoms with Crippen LogP contribution in [0, 0.1) is 0 Å². The fraction of sp³-hybridized carbons (Fsp3) is 0.692. The number of likely N-dealkylation sites (tertiary alicyclic amines) is 1. The van der Waals surface area contributed by atoms with Crippen LogP contribution >= 0.6 is 0 Å². The number of nitrogens with zero attached hydrogens (tertiary/aromatic N) is 3. The van der Waals surface area contributed by atoms with E-state index < -0.39 is 12.7 Å². The average molecular weight is 304 g/mol. The molecule has 0 aromatic carbocycles. The molecule has 1 fully saturated rings. The fourth-order valence-corrected chi connectivity index (χ4v) is 2.44. The van der Waals surface area contributed by atoms with E-state index in [0.717, 1.165) is 0 Å². The Labute approximate surface area is 121 Å². The van der Waals surface area contributed by atoms with Gasteiger partial charge in [0.05, 0.1) is 12.9 Å². The molecular formula is C13H19F3N4O. The molecule has 2 heterocycles. The molecule has 0 unspecified atom stereocenters. The molecule has 0 radical (unpaired) electrons. The highest BCUT2D eigenvalue weighted by molar-refractivity contribution is 5.76. The van der Waals surface area contributed by atoms with Crippen LogP contribution in [0.4, 0.5) is 13.2 Å². The summed E-state index contributed by atoms with van der Waals surface area (Å²) in [5.41, 5.74) is 0. The highest BCUT2D eigenvalue weighted by Crippen LogP contribution is 2.19. The van der Waals surface area contributed by atoms with Gasteiger partial charge in [-0.1, -0.05) is 0 Å². The maximum absolute atomic E-state index is 12.3. The molecule has 0 aliphatic carbocycles. The van der Waals surface area contributed by atoms with Crippen molar-refractivity contribution in [1.29, 1.82) is 0 Å². The zero-order chi connectivity index (χ0) is 15.3. The van der Waals surface area contributed by atoms with Crippen molar-refractivity contribution >= 4 is 5.91 Å². The summed E-state index contributed by atoms with van der Waals surface area (Å²) < 4.78 is 38.6. The second kappa shape index (κ2) is 6.93.